The second-order valence-electron chi connectivity index (χ2n) is 5.76. The molecule has 1 N–H and O–H groups in total. The monoisotopic (exact) mass is 382 g/mol. The third kappa shape index (κ3) is 3.11. The van der Waals surface area contributed by atoms with Crippen molar-refractivity contribution >= 4 is 57.2 Å². The highest BCUT2D eigenvalue weighted by Crippen LogP contribution is 2.39. The first-order valence-corrected chi connectivity index (χ1v) is 7.98. The van der Waals surface area contributed by atoms with Crippen LogP contribution in [-0.2, 0) is 16.1 Å². The Morgan fingerprint density at radius 2 is 1.96 bits per heavy atom. The number of benzene rings is 1. The summed E-state index contributed by atoms with van der Waals surface area (Å²) in [5.41, 5.74) is 0.909. The molecule has 0 aromatic heterocycles. The van der Waals surface area contributed by atoms with Gasteiger partial charge in [0, 0.05) is 17.5 Å². The first-order chi connectivity index (χ1) is 11.2. The molecule has 1 fully saturated rings. The molecule has 116 valence electrons. The fraction of sp³-hybridized carbons (Fsp3) is 0.357. The minimum atomic E-state index is -1.91. The Morgan fingerprint density at radius 1 is 1.25 bits per heavy atom. The minimum Gasteiger partial charge on any atom is -0.514 e. The quantitative estimate of drug-likeness (QED) is 0.576. The van der Waals surface area contributed by atoms with E-state index >= 15 is 0 Å². The minimum absolute atomic E-state index is 0.130. The Balaban J connectivity index is 1.94. The molecule has 3 amide bonds. The van der Waals surface area contributed by atoms with E-state index in [-0.39, 0.29) is 37.0 Å². The normalized spacial score (nSPS) is 20.8. The van der Waals surface area contributed by atoms with Crippen LogP contribution in [0.1, 0.15) is 28.8 Å². The molecule has 2 heterocycles. The van der Waals surface area contributed by atoms with E-state index in [2.05, 4.69) is 21.2 Å². The second-order valence-corrected chi connectivity index (χ2v) is 6.61. The van der Waals surface area contributed by atoms with Gasteiger partial charge in [-0.2, -0.15) is 0 Å². The fourth-order valence-electron chi connectivity index (χ4n) is 2.87. The van der Waals surface area contributed by atoms with E-state index < -0.39 is 17.2 Å². The predicted octanol–water partition coefficient (Wildman–Crippen LogP) is -0.294. The molecule has 0 bridgehead atoms. The van der Waals surface area contributed by atoms with E-state index in [0.717, 1.165) is 0 Å². The molecule has 1 unspecified atom stereocenters. The number of ether oxygens (including phenoxy) is 1. The first-order valence-electron chi connectivity index (χ1n) is 7.19. The fourth-order valence-corrected chi connectivity index (χ4v) is 3.32. The highest BCUT2D eigenvalue weighted by molar-refractivity contribution is 9.10. The number of nitrogens with one attached hydrogen (secondary N) is 1. The van der Waals surface area contributed by atoms with E-state index in [4.69, 9.17) is 28.3 Å². The number of carbonyl (C=O) groups is 3. The second kappa shape index (κ2) is 5.99. The van der Waals surface area contributed by atoms with Crippen LogP contribution in [0.5, 0.6) is 5.75 Å². The Kier molecular flexibility index (Phi) is 4.27. The van der Waals surface area contributed by atoms with Gasteiger partial charge in [-0.3, -0.25) is 19.7 Å². The van der Waals surface area contributed by atoms with Crippen molar-refractivity contribution in [2.24, 2.45) is 0 Å². The first kappa shape index (κ1) is 17.1. The number of rotatable bonds is 3. The maximum absolute atomic E-state index is 12.6. The summed E-state index contributed by atoms with van der Waals surface area (Å²) in [7, 11) is 16.5. The van der Waals surface area contributed by atoms with Crippen LogP contribution in [0.2, 0.25) is 0 Å². The maximum atomic E-state index is 12.6. The molecular formula is C14H10B3BrN2O4. The summed E-state index contributed by atoms with van der Waals surface area (Å²) in [6.07, 6.45) is 0.456. The van der Waals surface area contributed by atoms with Crippen molar-refractivity contribution in [3.05, 3.63) is 27.7 Å². The number of piperidine rings is 1. The van der Waals surface area contributed by atoms with Crippen LogP contribution in [0.4, 0.5) is 0 Å². The van der Waals surface area contributed by atoms with Gasteiger partial charge < -0.3 is 9.64 Å². The summed E-state index contributed by atoms with van der Waals surface area (Å²) >= 11 is 3.31. The van der Waals surface area contributed by atoms with Crippen LogP contribution >= 0.6 is 15.9 Å². The average Bonchev–Trinajstić information content (AvgIpc) is 2.78. The Hall–Kier alpha value is -1.70. The van der Waals surface area contributed by atoms with Crippen LogP contribution in [0, 0.1) is 0 Å². The van der Waals surface area contributed by atoms with Gasteiger partial charge in [-0.15, -0.1) is 0 Å². The topological polar surface area (TPSA) is 75.7 Å². The maximum Gasteiger partial charge on any atom is 0.255 e. The number of carbonyl (C=O) groups excluding carboxylic acids is 3. The number of imide groups is 1. The smallest absolute Gasteiger partial charge is 0.255 e. The van der Waals surface area contributed by atoms with Crippen molar-refractivity contribution in [2.45, 2.75) is 30.7 Å². The molecule has 0 saturated carbocycles. The van der Waals surface area contributed by atoms with Gasteiger partial charge in [0.15, 0.2) is 0 Å². The molecule has 3 rings (SSSR count). The summed E-state index contributed by atoms with van der Waals surface area (Å²) in [5, 5.41) is 0.332. The molecule has 0 aliphatic carbocycles. The van der Waals surface area contributed by atoms with Gasteiger partial charge in [-0.1, -0.05) is 0 Å². The van der Waals surface area contributed by atoms with Crippen LogP contribution in [0.15, 0.2) is 16.6 Å². The molecule has 24 heavy (non-hydrogen) atoms. The summed E-state index contributed by atoms with van der Waals surface area (Å²) < 4.78 is 5.89. The molecule has 2 aliphatic heterocycles. The molecule has 6 nitrogen and oxygen atoms in total. The number of nitrogens with zero attached hydrogens (tertiary/aromatic N) is 1. The van der Waals surface area contributed by atoms with Crippen LogP contribution in [0.25, 0.3) is 0 Å². The van der Waals surface area contributed by atoms with E-state index in [9.17, 15) is 14.4 Å². The Bertz CT molecular complexity index is 750. The molecule has 1 atom stereocenters. The van der Waals surface area contributed by atoms with Crippen LogP contribution < -0.4 is 10.1 Å². The molecule has 0 spiro atoms. The van der Waals surface area contributed by atoms with Crippen molar-refractivity contribution in [1.29, 1.82) is 0 Å². The average molecular weight is 383 g/mol. The van der Waals surface area contributed by atoms with Crippen molar-refractivity contribution in [2.75, 3.05) is 0 Å². The standard InChI is InChI=1S/C14H10B3BrN2O4/c15-14(16,17)24-11-7-5-20(9-3-4-10(21)19-12(9)22)13(23)6(7)1-2-8(11)18/h1-2,9H,3-5H2,(H,19,21,22). The van der Waals surface area contributed by atoms with E-state index in [0.29, 0.717) is 15.6 Å². The van der Waals surface area contributed by atoms with Gasteiger partial charge in [0.2, 0.25) is 11.8 Å². The van der Waals surface area contributed by atoms with Crippen LogP contribution in [-0.4, -0.2) is 57.5 Å². The highest BCUT2D eigenvalue weighted by atomic mass is 79.9. The number of fused-ring (bicyclic) bond motifs is 1. The zero-order valence-electron chi connectivity index (χ0n) is 12.5. The van der Waals surface area contributed by atoms with Gasteiger partial charge in [0.1, 0.15) is 35.3 Å². The molecule has 1 aromatic carbocycles. The van der Waals surface area contributed by atoms with Crippen LogP contribution in [0.3, 0.4) is 0 Å². The zero-order chi connectivity index (χ0) is 17.6. The molecular weight excluding hydrogens is 373 g/mol. The molecule has 10 heteroatoms. The molecule has 6 radical (unpaired) electrons. The number of amides is 3. The SMILES string of the molecule is [B]C([B])([B])Oc1c(Br)ccc2c1CN(C1CCC(=O)NC1=O)C2=O. The van der Waals surface area contributed by atoms with E-state index in [1.807, 2.05) is 0 Å². The van der Waals surface area contributed by atoms with Crippen molar-refractivity contribution in [3.8, 4) is 5.75 Å². The Morgan fingerprint density at radius 3 is 2.58 bits per heavy atom. The van der Waals surface area contributed by atoms with E-state index in [1.54, 1.807) is 12.1 Å². The number of hydrogen-bond donors (Lipinski definition) is 1. The third-order valence-corrected chi connectivity index (χ3v) is 4.52. The summed E-state index contributed by atoms with van der Waals surface area (Å²) in [4.78, 5) is 37.4. The highest BCUT2D eigenvalue weighted by Gasteiger charge is 2.40. The summed E-state index contributed by atoms with van der Waals surface area (Å²) in [6, 6.07) is 2.52. The lowest BCUT2D eigenvalue weighted by Crippen LogP contribution is -2.52. The lowest BCUT2D eigenvalue weighted by atomic mass is 9.52. The predicted molar refractivity (Wildman–Crippen MR) is 90.8 cm³/mol. The Labute approximate surface area is 151 Å². The molecule has 1 aromatic rings. The number of halogens is 1. The van der Waals surface area contributed by atoms with Crippen molar-refractivity contribution in [3.63, 3.8) is 0 Å². The van der Waals surface area contributed by atoms with Gasteiger partial charge in [0.25, 0.3) is 5.91 Å². The number of hydrogen-bond acceptors (Lipinski definition) is 4. The van der Waals surface area contributed by atoms with Gasteiger partial charge in [-0.25, -0.2) is 0 Å². The zero-order valence-corrected chi connectivity index (χ0v) is 14.1. The molecule has 1 saturated heterocycles. The lowest BCUT2D eigenvalue weighted by molar-refractivity contribution is -0.136. The third-order valence-electron chi connectivity index (χ3n) is 3.90. The molecule has 2 aliphatic rings. The van der Waals surface area contributed by atoms with Gasteiger partial charge in [-0.05, 0) is 39.8 Å². The largest absolute Gasteiger partial charge is 0.514 e. The lowest BCUT2D eigenvalue weighted by Gasteiger charge is -2.29. The van der Waals surface area contributed by atoms with Crippen molar-refractivity contribution < 1.29 is 19.1 Å². The van der Waals surface area contributed by atoms with E-state index in [1.165, 1.54) is 4.90 Å². The van der Waals surface area contributed by atoms with Gasteiger partial charge in [0.05, 0.1) is 11.0 Å². The summed E-state index contributed by atoms with van der Waals surface area (Å²) in [6.45, 7) is 0.130. The summed E-state index contributed by atoms with van der Waals surface area (Å²) in [5.74, 6) is -0.900. The van der Waals surface area contributed by atoms with Gasteiger partial charge >= 0.3 is 0 Å². The van der Waals surface area contributed by atoms with Crippen molar-refractivity contribution in [1.82, 2.24) is 10.2 Å².